The zero-order valence-electron chi connectivity index (χ0n) is 13.5. The van der Waals surface area contributed by atoms with Gasteiger partial charge in [-0.25, -0.2) is 0 Å². The molecule has 2 rings (SSSR count). The third-order valence-electron chi connectivity index (χ3n) is 3.52. The molecule has 1 aromatic carbocycles. The second-order valence-corrected chi connectivity index (χ2v) is 5.12. The molecule has 1 unspecified atom stereocenters. The Morgan fingerprint density at radius 3 is 2.59 bits per heavy atom. The molecular formula is C17H22N2O3. The van der Waals surface area contributed by atoms with Crippen molar-refractivity contribution in [3.63, 3.8) is 0 Å². The first-order valence-electron chi connectivity index (χ1n) is 7.55. The van der Waals surface area contributed by atoms with E-state index in [0.717, 1.165) is 11.3 Å². The Morgan fingerprint density at radius 1 is 1.32 bits per heavy atom. The number of nitrogens with zero attached hydrogens (tertiary/aromatic N) is 1. The molecule has 0 fully saturated rings. The predicted molar refractivity (Wildman–Crippen MR) is 84.1 cm³/mol. The summed E-state index contributed by atoms with van der Waals surface area (Å²) in [4.78, 5) is 12.4. The number of ether oxygens (including phenoxy) is 1. The second kappa shape index (κ2) is 7.11. The van der Waals surface area contributed by atoms with Crippen molar-refractivity contribution in [3.05, 3.63) is 46.8 Å². The van der Waals surface area contributed by atoms with Gasteiger partial charge in [0.25, 0.3) is 5.91 Å². The van der Waals surface area contributed by atoms with Crippen LogP contribution in [0.1, 0.15) is 54.2 Å². The van der Waals surface area contributed by atoms with Crippen LogP contribution in [0, 0.1) is 6.92 Å². The minimum Gasteiger partial charge on any atom is -0.494 e. The van der Waals surface area contributed by atoms with E-state index >= 15 is 0 Å². The summed E-state index contributed by atoms with van der Waals surface area (Å²) < 4.78 is 10.6. The average molecular weight is 302 g/mol. The van der Waals surface area contributed by atoms with Crippen LogP contribution >= 0.6 is 0 Å². The van der Waals surface area contributed by atoms with E-state index in [4.69, 9.17) is 9.26 Å². The molecular weight excluding hydrogens is 280 g/mol. The third kappa shape index (κ3) is 3.47. The molecule has 0 bridgehead atoms. The highest BCUT2D eigenvalue weighted by atomic mass is 16.5. The molecule has 0 aliphatic rings. The second-order valence-electron chi connectivity index (χ2n) is 5.12. The maximum Gasteiger partial charge on any atom is 0.257 e. The van der Waals surface area contributed by atoms with E-state index in [-0.39, 0.29) is 11.9 Å². The molecule has 1 amide bonds. The van der Waals surface area contributed by atoms with E-state index in [2.05, 4.69) is 10.5 Å². The van der Waals surface area contributed by atoms with Gasteiger partial charge in [-0.15, -0.1) is 0 Å². The van der Waals surface area contributed by atoms with Crippen molar-refractivity contribution in [1.82, 2.24) is 10.5 Å². The predicted octanol–water partition coefficient (Wildman–Crippen LogP) is 3.44. The number of carbonyl (C=O) groups is 1. The lowest BCUT2D eigenvalue weighted by atomic mass is 10.1. The molecule has 0 aliphatic heterocycles. The lowest BCUT2D eigenvalue weighted by molar-refractivity contribution is 0.0937. The largest absolute Gasteiger partial charge is 0.494 e. The number of rotatable bonds is 6. The number of carbonyl (C=O) groups excluding carboxylic acids is 1. The van der Waals surface area contributed by atoms with Crippen molar-refractivity contribution in [1.29, 1.82) is 0 Å². The third-order valence-corrected chi connectivity index (χ3v) is 3.52. The van der Waals surface area contributed by atoms with Crippen LogP contribution in [0.4, 0.5) is 0 Å². The Hall–Kier alpha value is -2.30. The first-order valence-corrected chi connectivity index (χ1v) is 7.55. The molecule has 0 spiro atoms. The lowest BCUT2D eigenvalue weighted by Gasteiger charge is -2.15. The Kier molecular flexibility index (Phi) is 5.20. The van der Waals surface area contributed by atoms with Crippen LogP contribution in [0.5, 0.6) is 5.75 Å². The van der Waals surface area contributed by atoms with E-state index in [9.17, 15) is 4.79 Å². The number of benzene rings is 1. The van der Waals surface area contributed by atoms with Crippen molar-refractivity contribution in [2.75, 3.05) is 6.61 Å². The number of hydrogen-bond donors (Lipinski definition) is 1. The molecule has 5 nitrogen and oxygen atoms in total. The maximum absolute atomic E-state index is 12.4. The van der Waals surface area contributed by atoms with Gasteiger partial charge in [0, 0.05) is 6.42 Å². The summed E-state index contributed by atoms with van der Waals surface area (Å²) in [6.07, 6.45) is 0.640. The van der Waals surface area contributed by atoms with Gasteiger partial charge in [0.2, 0.25) is 0 Å². The van der Waals surface area contributed by atoms with Crippen LogP contribution in [0.15, 0.2) is 28.8 Å². The molecule has 0 aliphatic carbocycles. The fraction of sp³-hybridized carbons (Fsp3) is 0.412. The first-order chi connectivity index (χ1) is 10.6. The van der Waals surface area contributed by atoms with Crippen LogP contribution in [-0.2, 0) is 6.42 Å². The summed E-state index contributed by atoms with van der Waals surface area (Å²) in [6.45, 7) is 8.25. The maximum atomic E-state index is 12.4. The van der Waals surface area contributed by atoms with E-state index < -0.39 is 0 Å². The first kappa shape index (κ1) is 16.1. The highest BCUT2D eigenvalue weighted by Gasteiger charge is 2.20. The molecule has 1 heterocycles. The SMILES string of the molecule is CCOc1ccc(C(C)NC(=O)c2c(C)noc2CC)cc1. The van der Waals surface area contributed by atoms with Gasteiger partial charge in [0.15, 0.2) is 0 Å². The monoisotopic (exact) mass is 302 g/mol. The molecule has 0 saturated heterocycles. The number of nitrogens with one attached hydrogen (secondary N) is 1. The molecule has 118 valence electrons. The summed E-state index contributed by atoms with van der Waals surface area (Å²) in [5, 5.41) is 6.85. The van der Waals surface area contributed by atoms with Crippen molar-refractivity contribution < 1.29 is 14.1 Å². The molecule has 1 aromatic heterocycles. The fourth-order valence-corrected chi connectivity index (χ4v) is 2.32. The van der Waals surface area contributed by atoms with Crippen LogP contribution in [0.2, 0.25) is 0 Å². The highest BCUT2D eigenvalue weighted by Crippen LogP contribution is 2.20. The van der Waals surface area contributed by atoms with Crippen molar-refractivity contribution in [2.24, 2.45) is 0 Å². The number of aromatic nitrogens is 1. The van der Waals surface area contributed by atoms with Crippen molar-refractivity contribution >= 4 is 5.91 Å². The molecule has 0 saturated carbocycles. The van der Waals surface area contributed by atoms with Gasteiger partial charge < -0.3 is 14.6 Å². The topological polar surface area (TPSA) is 64.4 Å². The van der Waals surface area contributed by atoms with Crippen LogP contribution < -0.4 is 10.1 Å². The summed E-state index contributed by atoms with van der Waals surface area (Å²) in [7, 11) is 0. The van der Waals surface area contributed by atoms with Gasteiger partial charge in [-0.05, 0) is 38.5 Å². The van der Waals surface area contributed by atoms with Gasteiger partial charge in [0.05, 0.1) is 18.3 Å². The number of hydrogen-bond acceptors (Lipinski definition) is 4. The Morgan fingerprint density at radius 2 is 2.00 bits per heavy atom. The van der Waals surface area contributed by atoms with Crippen molar-refractivity contribution in [2.45, 2.75) is 40.2 Å². The zero-order chi connectivity index (χ0) is 16.1. The highest BCUT2D eigenvalue weighted by molar-refractivity contribution is 5.96. The Balaban J connectivity index is 2.09. The summed E-state index contributed by atoms with van der Waals surface area (Å²) in [6, 6.07) is 7.61. The molecule has 5 heteroatoms. The van der Waals surface area contributed by atoms with Gasteiger partial charge >= 0.3 is 0 Å². The van der Waals surface area contributed by atoms with E-state index in [0.29, 0.717) is 30.0 Å². The smallest absolute Gasteiger partial charge is 0.257 e. The number of amides is 1. The van der Waals surface area contributed by atoms with Gasteiger partial charge in [-0.1, -0.05) is 24.2 Å². The zero-order valence-corrected chi connectivity index (χ0v) is 13.5. The minimum absolute atomic E-state index is 0.109. The van der Waals surface area contributed by atoms with Gasteiger partial charge in [-0.3, -0.25) is 4.79 Å². The van der Waals surface area contributed by atoms with E-state index in [1.165, 1.54) is 0 Å². The lowest BCUT2D eigenvalue weighted by Crippen LogP contribution is -2.27. The number of aryl methyl sites for hydroxylation is 2. The molecule has 1 atom stereocenters. The summed E-state index contributed by atoms with van der Waals surface area (Å²) in [5.41, 5.74) is 2.18. The quantitative estimate of drug-likeness (QED) is 0.888. The summed E-state index contributed by atoms with van der Waals surface area (Å²) in [5.74, 6) is 1.29. The summed E-state index contributed by atoms with van der Waals surface area (Å²) >= 11 is 0. The Labute approximate surface area is 130 Å². The van der Waals surface area contributed by atoms with Crippen molar-refractivity contribution in [3.8, 4) is 5.75 Å². The van der Waals surface area contributed by atoms with Crippen LogP contribution in [0.25, 0.3) is 0 Å². The average Bonchev–Trinajstić information content (AvgIpc) is 2.89. The van der Waals surface area contributed by atoms with Crippen LogP contribution in [-0.4, -0.2) is 17.7 Å². The fourth-order valence-electron chi connectivity index (χ4n) is 2.32. The molecule has 0 radical (unpaired) electrons. The molecule has 22 heavy (non-hydrogen) atoms. The minimum atomic E-state index is -0.156. The van der Waals surface area contributed by atoms with Gasteiger partial charge in [0.1, 0.15) is 17.1 Å². The van der Waals surface area contributed by atoms with Crippen LogP contribution in [0.3, 0.4) is 0 Å². The van der Waals surface area contributed by atoms with E-state index in [1.807, 2.05) is 45.0 Å². The molecule has 1 N–H and O–H groups in total. The molecule has 2 aromatic rings. The van der Waals surface area contributed by atoms with Gasteiger partial charge in [-0.2, -0.15) is 0 Å². The standard InChI is InChI=1S/C17H22N2O3/c1-5-15-16(12(4)19-22-15)17(20)18-11(3)13-7-9-14(10-8-13)21-6-2/h7-11H,5-6H2,1-4H3,(H,18,20). The normalized spacial score (nSPS) is 12.0. The van der Waals surface area contributed by atoms with E-state index in [1.54, 1.807) is 6.92 Å². The Bertz CT molecular complexity index is 632.